The molecule has 4 aromatic rings. The van der Waals surface area contributed by atoms with E-state index in [2.05, 4.69) is 11.1 Å². The largest absolute Gasteiger partial charge is 0.466 e. The van der Waals surface area contributed by atoms with Crippen molar-refractivity contribution in [2.45, 2.75) is 12.8 Å². The van der Waals surface area contributed by atoms with Gasteiger partial charge in [0.05, 0.1) is 43.0 Å². The van der Waals surface area contributed by atoms with Crippen LogP contribution in [-0.4, -0.2) is 31.1 Å². The molecule has 3 aromatic carbocycles. The van der Waals surface area contributed by atoms with E-state index in [1.54, 1.807) is 48.5 Å². The molecule has 39 heavy (non-hydrogen) atoms. The smallest absolute Gasteiger partial charge is 0.355 e. The lowest BCUT2D eigenvalue weighted by atomic mass is 9.81. The van der Waals surface area contributed by atoms with E-state index in [1.807, 2.05) is 31.2 Å². The van der Waals surface area contributed by atoms with Gasteiger partial charge in [-0.05, 0) is 42.3 Å². The zero-order valence-electron chi connectivity index (χ0n) is 21.5. The van der Waals surface area contributed by atoms with Crippen molar-refractivity contribution >= 4 is 28.7 Å². The van der Waals surface area contributed by atoms with Crippen LogP contribution in [0.3, 0.4) is 0 Å². The molecule has 0 amide bonds. The van der Waals surface area contributed by atoms with Crippen molar-refractivity contribution in [2.75, 3.05) is 19.1 Å². The monoisotopic (exact) mass is 520 g/mol. The van der Waals surface area contributed by atoms with E-state index >= 15 is 0 Å². The fraction of sp³-hybridized carbons (Fsp3) is 0.133. The van der Waals surface area contributed by atoms with E-state index in [1.165, 1.54) is 19.1 Å². The lowest BCUT2D eigenvalue weighted by Crippen LogP contribution is -2.40. The lowest BCUT2D eigenvalue weighted by Gasteiger charge is -2.35. The van der Waals surface area contributed by atoms with E-state index in [-0.39, 0.29) is 22.7 Å². The van der Waals surface area contributed by atoms with Crippen molar-refractivity contribution in [2.24, 2.45) is 5.73 Å². The summed E-state index contributed by atoms with van der Waals surface area (Å²) in [6, 6.07) is 23.7. The van der Waals surface area contributed by atoms with Gasteiger partial charge in [-0.25, -0.2) is 14.6 Å². The van der Waals surface area contributed by atoms with Gasteiger partial charge in [0.1, 0.15) is 17.0 Å². The summed E-state index contributed by atoms with van der Waals surface area (Å²) in [5.74, 6) is -2.15. The van der Waals surface area contributed by atoms with Crippen LogP contribution in [0.5, 0.6) is 0 Å². The molecule has 0 saturated carbocycles. The molecule has 0 spiro atoms. The Bertz CT molecular complexity index is 1710. The van der Waals surface area contributed by atoms with Crippen molar-refractivity contribution in [1.29, 1.82) is 5.26 Å². The highest BCUT2D eigenvalue weighted by molar-refractivity contribution is 6.06. The summed E-state index contributed by atoms with van der Waals surface area (Å²) in [7, 11) is 2.41. The predicted molar refractivity (Wildman–Crippen MR) is 144 cm³/mol. The van der Waals surface area contributed by atoms with E-state index in [0.717, 1.165) is 11.1 Å². The van der Waals surface area contributed by atoms with Gasteiger partial charge in [-0.1, -0.05) is 48.5 Å². The molecule has 1 unspecified atom stereocenters. The van der Waals surface area contributed by atoms with Gasteiger partial charge >= 0.3 is 11.9 Å². The molecule has 2 N–H and O–H groups in total. The maximum Gasteiger partial charge on any atom is 0.355 e. The molecule has 9 heteroatoms. The number of esters is 2. The number of allylic oxidation sites excluding steroid dienone is 1. The Kier molecular flexibility index (Phi) is 6.61. The first kappa shape index (κ1) is 25.3. The van der Waals surface area contributed by atoms with Crippen LogP contribution in [0.15, 0.2) is 99.9 Å². The van der Waals surface area contributed by atoms with E-state index < -0.39 is 17.9 Å². The number of nitriles is 1. The second kappa shape index (κ2) is 10.2. The second-order valence-electron chi connectivity index (χ2n) is 8.82. The van der Waals surface area contributed by atoms with Crippen molar-refractivity contribution < 1.29 is 23.5 Å². The van der Waals surface area contributed by atoms with Gasteiger partial charge in [-0.15, -0.1) is 0 Å². The van der Waals surface area contributed by atoms with Gasteiger partial charge in [0, 0.05) is 5.56 Å². The lowest BCUT2D eigenvalue weighted by molar-refractivity contribution is -0.139. The van der Waals surface area contributed by atoms with Gasteiger partial charge in [-0.3, -0.25) is 4.90 Å². The van der Waals surface area contributed by atoms with Crippen molar-refractivity contribution in [3.8, 4) is 17.5 Å². The number of nitrogens with zero attached hydrogens (tertiary/aromatic N) is 3. The normalized spacial score (nSPS) is 15.3. The van der Waals surface area contributed by atoms with Gasteiger partial charge in [0.2, 0.25) is 5.89 Å². The molecule has 0 bridgehead atoms. The molecular formula is C30H24N4O5. The molecule has 1 aromatic heterocycles. The third-order valence-electron chi connectivity index (χ3n) is 6.62. The molecule has 5 rings (SSSR count). The third-order valence-corrected chi connectivity index (χ3v) is 6.62. The SMILES string of the molecule is COC(=O)C1=C(C(=O)OC)N(c2ccc3oc(-c4ccccc4C)nc3c2)C(N)=C(C#N)C1c1ccccc1. The Morgan fingerprint density at radius 1 is 1.00 bits per heavy atom. The molecule has 194 valence electrons. The van der Waals surface area contributed by atoms with E-state index in [9.17, 15) is 14.9 Å². The Morgan fingerprint density at radius 3 is 2.36 bits per heavy atom. The molecular weight excluding hydrogens is 496 g/mol. The van der Waals surface area contributed by atoms with Crippen molar-refractivity contribution in [3.05, 3.63) is 107 Å². The zero-order valence-corrected chi connectivity index (χ0v) is 21.5. The summed E-state index contributed by atoms with van der Waals surface area (Å²) < 4.78 is 16.2. The highest BCUT2D eigenvalue weighted by atomic mass is 16.5. The molecule has 0 fully saturated rings. The summed E-state index contributed by atoms with van der Waals surface area (Å²) in [5, 5.41) is 10.2. The predicted octanol–water partition coefficient (Wildman–Crippen LogP) is 4.70. The highest BCUT2D eigenvalue weighted by Gasteiger charge is 2.43. The number of oxazole rings is 1. The average Bonchev–Trinajstić information content (AvgIpc) is 3.39. The quantitative estimate of drug-likeness (QED) is 0.372. The number of carbonyl (C=O) groups is 2. The molecule has 9 nitrogen and oxygen atoms in total. The molecule has 1 atom stereocenters. The van der Waals surface area contributed by atoms with Crippen LogP contribution in [0.1, 0.15) is 17.0 Å². The number of benzene rings is 3. The number of methoxy groups -OCH3 is 2. The van der Waals surface area contributed by atoms with Crippen LogP contribution >= 0.6 is 0 Å². The van der Waals surface area contributed by atoms with Crippen LogP contribution in [0, 0.1) is 18.3 Å². The average molecular weight is 521 g/mol. The Hall–Kier alpha value is -5.36. The minimum absolute atomic E-state index is 0.0265. The molecule has 0 aliphatic carbocycles. The summed E-state index contributed by atoms with van der Waals surface area (Å²) in [6.07, 6.45) is 0. The minimum atomic E-state index is -0.947. The van der Waals surface area contributed by atoms with Crippen molar-refractivity contribution in [1.82, 2.24) is 4.98 Å². The molecule has 1 aliphatic rings. The summed E-state index contributed by atoms with van der Waals surface area (Å²) in [4.78, 5) is 32.5. The van der Waals surface area contributed by atoms with Gasteiger partial charge in [-0.2, -0.15) is 5.26 Å². The number of aryl methyl sites for hydroxylation is 1. The number of carbonyl (C=O) groups excluding carboxylic acids is 2. The topological polar surface area (TPSA) is 132 Å². The number of rotatable bonds is 5. The highest BCUT2D eigenvalue weighted by Crippen LogP contribution is 2.43. The standard InChI is InChI=1S/C30H24N4O5/c1-17-9-7-8-12-20(17)28-33-22-15-19(13-14-23(22)39-28)34-26(30(36)38-3)25(29(35)37-2)24(21(16-31)27(34)32)18-10-5-4-6-11-18/h4-15,24H,32H2,1-3H3. The summed E-state index contributed by atoms with van der Waals surface area (Å²) in [5.41, 5.74) is 10.3. The maximum absolute atomic E-state index is 13.3. The summed E-state index contributed by atoms with van der Waals surface area (Å²) in [6.45, 7) is 1.96. The summed E-state index contributed by atoms with van der Waals surface area (Å²) >= 11 is 0. The Balaban J connectivity index is 1.75. The maximum atomic E-state index is 13.3. The van der Waals surface area contributed by atoms with Crippen LogP contribution < -0.4 is 10.6 Å². The van der Waals surface area contributed by atoms with E-state index in [0.29, 0.717) is 28.2 Å². The van der Waals surface area contributed by atoms with Crippen LogP contribution in [0.4, 0.5) is 5.69 Å². The Labute approximate surface area is 224 Å². The fourth-order valence-corrected chi connectivity index (χ4v) is 4.76. The minimum Gasteiger partial charge on any atom is -0.466 e. The first-order valence-electron chi connectivity index (χ1n) is 12.0. The van der Waals surface area contributed by atoms with Gasteiger partial charge in [0.25, 0.3) is 0 Å². The van der Waals surface area contributed by atoms with E-state index in [4.69, 9.17) is 19.6 Å². The Morgan fingerprint density at radius 2 is 1.69 bits per heavy atom. The number of aromatic nitrogens is 1. The first-order chi connectivity index (χ1) is 18.9. The van der Waals surface area contributed by atoms with Crippen molar-refractivity contribution in [3.63, 3.8) is 0 Å². The van der Waals surface area contributed by atoms with Crippen LogP contribution in [0.25, 0.3) is 22.6 Å². The number of anilines is 1. The molecule has 2 heterocycles. The first-order valence-corrected chi connectivity index (χ1v) is 12.0. The van der Waals surface area contributed by atoms with Gasteiger partial charge in [0.15, 0.2) is 5.58 Å². The zero-order chi connectivity index (χ0) is 27.7. The third kappa shape index (κ3) is 4.28. The molecule has 1 aliphatic heterocycles. The molecule has 0 saturated heterocycles. The number of nitrogens with two attached hydrogens (primary N) is 1. The number of hydrogen-bond donors (Lipinski definition) is 1. The van der Waals surface area contributed by atoms with Crippen LogP contribution in [0.2, 0.25) is 0 Å². The fourth-order valence-electron chi connectivity index (χ4n) is 4.76. The van der Waals surface area contributed by atoms with Gasteiger partial charge < -0.3 is 19.6 Å². The number of ether oxygens (including phenoxy) is 2. The number of hydrogen-bond acceptors (Lipinski definition) is 9. The number of fused-ring (bicyclic) bond motifs is 1. The second-order valence-corrected chi connectivity index (χ2v) is 8.82. The van der Waals surface area contributed by atoms with Crippen LogP contribution in [-0.2, 0) is 19.1 Å². The molecule has 0 radical (unpaired) electrons.